The van der Waals surface area contributed by atoms with E-state index in [0.717, 1.165) is 28.5 Å². The second-order valence-corrected chi connectivity index (χ2v) is 8.94. The Morgan fingerprint density at radius 3 is 2.50 bits per heavy atom. The van der Waals surface area contributed by atoms with Gasteiger partial charge in [0, 0.05) is 30.7 Å². The van der Waals surface area contributed by atoms with Crippen LogP contribution in [0.4, 0.5) is 15.2 Å². The molecule has 9 heteroatoms. The van der Waals surface area contributed by atoms with Gasteiger partial charge in [-0.05, 0) is 48.4 Å². The third-order valence-electron chi connectivity index (χ3n) is 4.94. The van der Waals surface area contributed by atoms with Crippen molar-refractivity contribution < 1.29 is 9.18 Å². The monoisotopic (exact) mass is 467 g/mol. The van der Waals surface area contributed by atoms with Crippen LogP contribution in [-0.2, 0) is 24.0 Å². The largest absolute Gasteiger partial charge is 0.305 e. The van der Waals surface area contributed by atoms with Gasteiger partial charge in [0.2, 0.25) is 5.91 Å². The van der Waals surface area contributed by atoms with Gasteiger partial charge in [-0.15, -0.1) is 21.5 Å². The van der Waals surface area contributed by atoms with Crippen LogP contribution in [0.1, 0.15) is 25.1 Å². The van der Waals surface area contributed by atoms with Crippen LogP contribution in [0.3, 0.4) is 0 Å². The maximum Gasteiger partial charge on any atom is 0.230 e. The highest BCUT2D eigenvalue weighted by molar-refractivity contribution is 7.98. The predicted octanol–water partition coefficient (Wildman–Crippen LogP) is 5.62. The summed E-state index contributed by atoms with van der Waals surface area (Å²) < 4.78 is 15.1. The van der Waals surface area contributed by atoms with Crippen LogP contribution in [-0.4, -0.2) is 25.7 Å². The highest BCUT2D eigenvalue weighted by Gasteiger charge is 2.19. The number of aryl methyl sites for hydroxylation is 1. The molecule has 1 amide bonds. The van der Waals surface area contributed by atoms with Crippen LogP contribution in [0.5, 0.6) is 0 Å². The summed E-state index contributed by atoms with van der Waals surface area (Å²) >= 11 is 2.94. The molecule has 0 unspecified atom stereocenters. The number of aromatic nitrogens is 4. The molecule has 0 radical (unpaired) electrons. The summed E-state index contributed by atoms with van der Waals surface area (Å²) in [6.45, 7) is 3.64. The summed E-state index contributed by atoms with van der Waals surface area (Å²) in [6, 6.07) is 14.1. The average molecular weight is 468 g/mol. The van der Waals surface area contributed by atoms with E-state index in [1.165, 1.54) is 40.8 Å². The minimum atomic E-state index is -0.286. The number of thiazole rings is 1. The Kier molecular flexibility index (Phi) is 6.66. The van der Waals surface area contributed by atoms with Crippen LogP contribution >= 0.6 is 23.1 Å². The van der Waals surface area contributed by atoms with E-state index in [1.807, 2.05) is 41.3 Å². The molecule has 0 saturated carbocycles. The van der Waals surface area contributed by atoms with Gasteiger partial charge in [0.15, 0.2) is 16.1 Å². The fraction of sp³-hybridized carbons (Fsp3) is 0.217. The highest BCUT2D eigenvalue weighted by atomic mass is 32.2. The molecule has 2 aromatic heterocycles. The summed E-state index contributed by atoms with van der Waals surface area (Å²) in [5.74, 6) is 0.891. The molecule has 0 bridgehead atoms. The number of anilines is 2. The molecule has 2 aromatic carbocycles. The predicted molar refractivity (Wildman–Crippen MR) is 127 cm³/mol. The molecule has 0 N–H and O–H groups in total. The van der Waals surface area contributed by atoms with Crippen molar-refractivity contribution in [1.82, 2.24) is 19.7 Å². The molecule has 4 aromatic rings. The molecule has 0 aliphatic heterocycles. The van der Waals surface area contributed by atoms with E-state index in [-0.39, 0.29) is 11.7 Å². The van der Waals surface area contributed by atoms with Crippen LogP contribution in [0, 0.1) is 5.82 Å². The molecule has 164 valence electrons. The summed E-state index contributed by atoms with van der Waals surface area (Å²) in [7, 11) is 1.88. The van der Waals surface area contributed by atoms with Crippen LogP contribution in [0.2, 0.25) is 0 Å². The number of hydrogen-bond acceptors (Lipinski definition) is 6. The Morgan fingerprint density at radius 1 is 1.12 bits per heavy atom. The second kappa shape index (κ2) is 9.62. The average Bonchev–Trinajstić information content (AvgIpc) is 3.40. The number of carbonyl (C=O) groups excluding carboxylic acids is 1. The lowest BCUT2D eigenvalue weighted by Crippen LogP contribution is -2.22. The van der Waals surface area contributed by atoms with Gasteiger partial charge in [-0.1, -0.05) is 30.8 Å². The second-order valence-electron chi connectivity index (χ2n) is 7.16. The van der Waals surface area contributed by atoms with Crippen molar-refractivity contribution in [1.29, 1.82) is 0 Å². The van der Waals surface area contributed by atoms with Crippen molar-refractivity contribution in [2.24, 2.45) is 7.05 Å². The van der Waals surface area contributed by atoms with E-state index in [4.69, 9.17) is 0 Å². The SMILES string of the molecule is CCc1ccc(N(C(C)=O)c2nc(CSc3nnc(-c4ccc(F)cc4)n3C)cs2)cc1. The third kappa shape index (κ3) is 4.73. The summed E-state index contributed by atoms with van der Waals surface area (Å²) in [6.07, 6.45) is 0.948. The van der Waals surface area contributed by atoms with Gasteiger partial charge in [-0.25, -0.2) is 9.37 Å². The molecule has 0 saturated heterocycles. The van der Waals surface area contributed by atoms with Gasteiger partial charge >= 0.3 is 0 Å². The van der Waals surface area contributed by atoms with Gasteiger partial charge < -0.3 is 4.57 Å². The van der Waals surface area contributed by atoms with E-state index < -0.39 is 0 Å². The molecule has 6 nitrogen and oxygen atoms in total. The van der Waals surface area contributed by atoms with Crippen molar-refractivity contribution in [2.45, 2.75) is 31.2 Å². The van der Waals surface area contributed by atoms with Crippen LogP contribution < -0.4 is 4.90 Å². The zero-order chi connectivity index (χ0) is 22.7. The minimum Gasteiger partial charge on any atom is -0.305 e. The number of nitrogens with zero attached hydrogens (tertiary/aromatic N) is 5. The molecular weight excluding hydrogens is 445 g/mol. The van der Waals surface area contributed by atoms with E-state index in [1.54, 1.807) is 24.0 Å². The maximum absolute atomic E-state index is 13.2. The standard InChI is InChI=1S/C23H22FN5OS2/c1-4-16-5-11-20(12-6-16)29(15(2)30)22-25-19(13-31-22)14-32-23-27-26-21(28(23)3)17-7-9-18(24)10-8-17/h5-13H,4,14H2,1-3H3. The quantitative estimate of drug-likeness (QED) is 0.330. The fourth-order valence-corrected chi connectivity index (χ4v) is 5.00. The first-order valence-electron chi connectivity index (χ1n) is 10.1. The number of hydrogen-bond donors (Lipinski definition) is 0. The molecule has 0 fully saturated rings. The summed E-state index contributed by atoms with van der Waals surface area (Å²) in [4.78, 5) is 18.6. The molecular formula is C23H22FN5OS2. The Morgan fingerprint density at radius 2 is 1.84 bits per heavy atom. The summed E-state index contributed by atoms with van der Waals surface area (Å²) in [5.41, 5.74) is 3.69. The lowest BCUT2D eigenvalue weighted by Gasteiger charge is -2.18. The zero-order valence-electron chi connectivity index (χ0n) is 17.9. The number of carbonyl (C=O) groups is 1. The zero-order valence-corrected chi connectivity index (χ0v) is 19.6. The van der Waals surface area contributed by atoms with Crippen LogP contribution in [0.15, 0.2) is 59.1 Å². The number of amides is 1. The fourth-order valence-electron chi connectivity index (χ4n) is 3.20. The van der Waals surface area contributed by atoms with Gasteiger partial charge in [0.1, 0.15) is 5.82 Å². The Hall–Kier alpha value is -3.04. The van der Waals surface area contributed by atoms with E-state index in [2.05, 4.69) is 22.1 Å². The normalized spacial score (nSPS) is 11.0. The lowest BCUT2D eigenvalue weighted by molar-refractivity contribution is -0.115. The van der Waals surface area contributed by atoms with Crippen molar-refractivity contribution in [3.05, 3.63) is 71.0 Å². The first-order valence-corrected chi connectivity index (χ1v) is 11.9. The number of benzene rings is 2. The molecule has 0 aliphatic carbocycles. The van der Waals surface area contributed by atoms with Crippen molar-refractivity contribution in [3.8, 4) is 11.4 Å². The first kappa shape index (κ1) is 22.2. The van der Waals surface area contributed by atoms with Gasteiger partial charge in [0.05, 0.1) is 11.4 Å². The minimum absolute atomic E-state index is 0.0833. The maximum atomic E-state index is 13.2. The molecule has 0 spiro atoms. The van der Waals surface area contributed by atoms with Crippen molar-refractivity contribution in [2.75, 3.05) is 4.90 Å². The molecule has 2 heterocycles. The lowest BCUT2D eigenvalue weighted by atomic mass is 10.1. The highest BCUT2D eigenvalue weighted by Crippen LogP contribution is 2.32. The first-order chi connectivity index (χ1) is 15.5. The van der Waals surface area contributed by atoms with Gasteiger partial charge in [-0.2, -0.15) is 0 Å². The van der Waals surface area contributed by atoms with Crippen LogP contribution in [0.25, 0.3) is 11.4 Å². The Bertz CT molecular complexity index is 1220. The summed E-state index contributed by atoms with van der Waals surface area (Å²) in [5, 5.41) is 11.8. The van der Waals surface area contributed by atoms with E-state index in [9.17, 15) is 9.18 Å². The third-order valence-corrected chi connectivity index (χ3v) is 6.86. The Labute approximate surface area is 194 Å². The Balaban J connectivity index is 1.48. The van der Waals surface area contributed by atoms with Gasteiger partial charge in [-0.3, -0.25) is 9.69 Å². The van der Waals surface area contributed by atoms with Gasteiger partial charge in [0.25, 0.3) is 0 Å². The van der Waals surface area contributed by atoms with Crippen molar-refractivity contribution in [3.63, 3.8) is 0 Å². The van der Waals surface area contributed by atoms with E-state index >= 15 is 0 Å². The molecule has 4 rings (SSSR count). The molecule has 32 heavy (non-hydrogen) atoms. The number of thioether (sulfide) groups is 1. The number of rotatable bonds is 7. The molecule has 0 aliphatic rings. The smallest absolute Gasteiger partial charge is 0.230 e. The van der Waals surface area contributed by atoms with Crippen molar-refractivity contribution >= 4 is 39.8 Å². The molecule has 0 atom stereocenters. The van der Waals surface area contributed by atoms with E-state index in [0.29, 0.717) is 16.7 Å². The topological polar surface area (TPSA) is 63.9 Å². The number of halogens is 1.